The van der Waals surface area contributed by atoms with Crippen molar-refractivity contribution in [3.8, 4) is 0 Å². The molecule has 1 heterocycles. The third kappa shape index (κ3) is 4.33. The summed E-state index contributed by atoms with van der Waals surface area (Å²) in [6.45, 7) is 6.17. The highest BCUT2D eigenvalue weighted by Crippen LogP contribution is 2.11. The van der Waals surface area contributed by atoms with Gasteiger partial charge in [0.15, 0.2) is 0 Å². The summed E-state index contributed by atoms with van der Waals surface area (Å²) >= 11 is 0. The number of carbonyl (C=O) groups excluding carboxylic acids is 1. The molecule has 0 aromatic rings. The van der Waals surface area contributed by atoms with Crippen LogP contribution in [0.25, 0.3) is 0 Å². The number of methoxy groups -OCH3 is 1. The number of hydrogen-bond donors (Lipinski definition) is 0. The third-order valence-electron chi connectivity index (χ3n) is 2.53. The Morgan fingerprint density at radius 3 is 2.81 bits per heavy atom. The molecule has 0 spiro atoms. The van der Waals surface area contributed by atoms with Crippen LogP contribution in [0.5, 0.6) is 0 Å². The fourth-order valence-electron chi connectivity index (χ4n) is 1.58. The molecule has 16 heavy (non-hydrogen) atoms. The summed E-state index contributed by atoms with van der Waals surface area (Å²) in [5.41, 5.74) is 1.27. The predicted molar refractivity (Wildman–Crippen MR) is 62.2 cm³/mol. The van der Waals surface area contributed by atoms with E-state index < -0.39 is 0 Å². The molecule has 0 saturated heterocycles. The lowest BCUT2D eigenvalue weighted by atomic mass is 10.1. The van der Waals surface area contributed by atoms with Crippen LogP contribution in [0.3, 0.4) is 0 Å². The molecule has 0 fully saturated rings. The zero-order chi connectivity index (χ0) is 12.0. The van der Waals surface area contributed by atoms with Gasteiger partial charge >= 0.3 is 0 Å². The van der Waals surface area contributed by atoms with E-state index in [0.29, 0.717) is 13.2 Å². The Hall–Kier alpha value is -0.870. The van der Waals surface area contributed by atoms with E-state index in [1.165, 1.54) is 5.57 Å². The second-order valence-corrected chi connectivity index (χ2v) is 4.24. The van der Waals surface area contributed by atoms with Crippen molar-refractivity contribution in [1.29, 1.82) is 0 Å². The number of nitrogens with zero attached hydrogens (tertiary/aromatic N) is 1. The first kappa shape index (κ1) is 13.2. The van der Waals surface area contributed by atoms with Gasteiger partial charge in [-0.1, -0.05) is 6.08 Å². The SMILES string of the molecule is COCC1=CCN(C(=O)COC(C)C)CC1. The standard InChI is InChI=1S/C12H21NO3/c1-10(2)16-9-12(14)13-6-4-11(5-7-13)8-15-3/h4,10H,5-9H2,1-3H3. The fraction of sp³-hybridized carbons (Fsp3) is 0.750. The first-order valence-corrected chi connectivity index (χ1v) is 5.69. The van der Waals surface area contributed by atoms with Gasteiger partial charge in [-0.2, -0.15) is 0 Å². The fourth-order valence-corrected chi connectivity index (χ4v) is 1.58. The molecule has 0 atom stereocenters. The summed E-state index contributed by atoms with van der Waals surface area (Å²) in [5.74, 6) is 0.0708. The van der Waals surface area contributed by atoms with Gasteiger partial charge in [0.2, 0.25) is 5.91 Å². The van der Waals surface area contributed by atoms with Gasteiger partial charge in [-0.25, -0.2) is 0 Å². The van der Waals surface area contributed by atoms with Crippen LogP contribution in [0.2, 0.25) is 0 Å². The minimum atomic E-state index is 0.0708. The molecule has 1 aliphatic rings. The molecule has 0 radical (unpaired) electrons. The smallest absolute Gasteiger partial charge is 0.248 e. The molecule has 1 amide bonds. The largest absolute Gasteiger partial charge is 0.380 e. The van der Waals surface area contributed by atoms with Gasteiger partial charge in [-0.05, 0) is 25.8 Å². The van der Waals surface area contributed by atoms with Crippen molar-refractivity contribution in [1.82, 2.24) is 4.90 Å². The first-order valence-electron chi connectivity index (χ1n) is 5.69. The van der Waals surface area contributed by atoms with Crippen LogP contribution in [0, 0.1) is 0 Å². The van der Waals surface area contributed by atoms with Crippen LogP contribution in [0.1, 0.15) is 20.3 Å². The molecule has 1 aliphatic heterocycles. The van der Waals surface area contributed by atoms with E-state index in [1.807, 2.05) is 18.7 Å². The molecule has 0 bridgehead atoms. The number of rotatable bonds is 5. The molecular weight excluding hydrogens is 206 g/mol. The number of ether oxygens (including phenoxy) is 2. The normalized spacial score (nSPS) is 16.5. The summed E-state index contributed by atoms with van der Waals surface area (Å²) < 4.78 is 10.4. The molecule has 0 unspecified atom stereocenters. The highest BCUT2D eigenvalue weighted by molar-refractivity contribution is 5.77. The lowest BCUT2D eigenvalue weighted by molar-refractivity contribution is -0.137. The van der Waals surface area contributed by atoms with E-state index in [9.17, 15) is 4.79 Å². The minimum Gasteiger partial charge on any atom is -0.380 e. The Balaban J connectivity index is 2.32. The second-order valence-electron chi connectivity index (χ2n) is 4.24. The van der Waals surface area contributed by atoms with E-state index >= 15 is 0 Å². The van der Waals surface area contributed by atoms with E-state index in [-0.39, 0.29) is 18.6 Å². The van der Waals surface area contributed by atoms with Crippen molar-refractivity contribution in [2.24, 2.45) is 0 Å². The van der Waals surface area contributed by atoms with Gasteiger partial charge < -0.3 is 14.4 Å². The Morgan fingerprint density at radius 1 is 1.56 bits per heavy atom. The molecule has 4 heteroatoms. The summed E-state index contributed by atoms with van der Waals surface area (Å²) in [4.78, 5) is 13.5. The van der Waals surface area contributed by atoms with Crippen molar-refractivity contribution in [2.75, 3.05) is 33.4 Å². The van der Waals surface area contributed by atoms with Crippen molar-refractivity contribution in [3.05, 3.63) is 11.6 Å². The van der Waals surface area contributed by atoms with Crippen LogP contribution in [-0.2, 0) is 14.3 Å². The molecule has 0 aromatic heterocycles. The van der Waals surface area contributed by atoms with Gasteiger partial charge in [0.25, 0.3) is 0 Å². The average molecular weight is 227 g/mol. The zero-order valence-corrected chi connectivity index (χ0v) is 10.4. The monoisotopic (exact) mass is 227 g/mol. The highest BCUT2D eigenvalue weighted by Gasteiger charge is 2.17. The van der Waals surface area contributed by atoms with Crippen molar-refractivity contribution >= 4 is 5.91 Å². The maximum absolute atomic E-state index is 11.7. The van der Waals surface area contributed by atoms with Crippen molar-refractivity contribution < 1.29 is 14.3 Å². The molecule has 4 nitrogen and oxygen atoms in total. The lowest BCUT2D eigenvalue weighted by Crippen LogP contribution is -2.38. The first-order chi connectivity index (χ1) is 7.63. The van der Waals surface area contributed by atoms with E-state index in [0.717, 1.165) is 13.0 Å². The molecule has 0 saturated carbocycles. The van der Waals surface area contributed by atoms with Crippen molar-refractivity contribution in [3.63, 3.8) is 0 Å². The molecule has 92 valence electrons. The Kier molecular flexibility index (Phi) is 5.49. The number of hydrogen-bond acceptors (Lipinski definition) is 3. The quantitative estimate of drug-likeness (QED) is 0.663. The zero-order valence-electron chi connectivity index (χ0n) is 10.4. The summed E-state index contributed by atoms with van der Waals surface area (Å²) in [7, 11) is 1.69. The molecule has 1 rings (SSSR count). The summed E-state index contributed by atoms with van der Waals surface area (Å²) in [5, 5.41) is 0. The van der Waals surface area contributed by atoms with Crippen LogP contribution in [0.15, 0.2) is 11.6 Å². The molecular formula is C12H21NO3. The Bertz CT molecular complexity index is 261. The summed E-state index contributed by atoms with van der Waals surface area (Å²) in [6, 6.07) is 0. The average Bonchev–Trinajstić information content (AvgIpc) is 2.27. The number of carbonyl (C=O) groups is 1. The minimum absolute atomic E-state index is 0.0708. The maximum Gasteiger partial charge on any atom is 0.248 e. The molecule has 0 aliphatic carbocycles. The molecule has 0 N–H and O–H groups in total. The van der Waals surface area contributed by atoms with Gasteiger partial charge in [-0.15, -0.1) is 0 Å². The van der Waals surface area contributed by atoms with Gasteiger partial charge in [0.1, 0.15) is 6.61 Å². The van der Waals surface area contributed by atoms with Crippen molar-refractivity contribution in [2.45, 2.75) is 26.4 Å². The van der Waals surface area contributed by atoms with Crippen LogP contribution in [0.4, 0.5) is 0 Å². The van der Waals surface area contributed by atoms with Crippen LogP contribution in [-0.4, -0.2) is 50.3 Å². The second kappa shape index (κ2) is 6.66. The van der Waals surface area contributed by atoms with E-state index in [2.05, 4.69) is 6.08 Å². The van der Waals surface area contributed by atoms with Gasteiger partial charge in [-0.3, -0.25) is 4.79 Å². The Morgan fingerprint density at radius 2 is 2.31 bits per heavy atom. The third-order valence-corrected chi connectivity index (χ3v) is 2.53. The molecule has 0 aromatic carbocycles. The van der Waals surface area contributed by atoms with Crippen LogP contribution < -0.4 is 0 Å². The van der Waals surface area contributed by atoms with Gasteiger partial charge in [0, 0.05) is 20.2 Å². The van der Waals surface area contributed by atoms with Gasteiger partial charge in [0.05, 0.1) is 12.7 Å². The van der Waals surface area contributed by atoms with E-state index in [1.54, 1.807) is 7.11 Å². The maximum atomic E-state index is 11.7. The van der Waals surface area contributed by atoms with E-state index in [4.69, 9.17) is 9.47 Å². The topological polar surface area (TPSA) is 38.8 Å². The predicted octanol–water partition coefficient (Wildman–Crippen LogP) is 1.22. The number of amides is 1. The Labute approximate surface area is 97.2 Å². The lowest BCUT2D eigenvalue weighted by Gasteiger charge is -2.26. The summed E-state index contributed by atoms with van der Waals surface area (Å²) in [6.07, 6.45) is 3.08. The van der Waals surface area contributed by atoms with Crippen LogP contribution >= 0.6 is 0 Å². The highest BCUT2D eigenvalue weighted by atomic mass is 16.5.